The Balaban J connectivity index is 4.58. The molecule has 0 rings (SSSR count). The Morgan fingerprint density at radius 1 is 0.864 bits per heavy atom. The Morgan fingerprint density at radius 2 is 1.18 bits per heavy atom. The molecule has 0 aliphatic heterocycles. The maximum absolute atomic E-state index is 12.7. The third-order valence-electron chi connectivity index (χ3n) is 2.61. The van der Waals surface area contributed by atoms with E-state index in [9.17, 15) is 14.2 Å². The van der Waals surface area contributed by atoms with Crippen molar-refractivity contribution in [2.45, 2.75) is 53.6 Å². The van der Waals surface area contributed by atoms with Crippen LogP contribution >= 0.6 is 7.60 Å². The minimum atomic E-state index is -3.63. The zero-order chi connectivity index (χ0) is 17.6. The zero-order valence-electron chi connectivity index (χ0n) is 14.4. The van der Waals surface area contributed by atoms with E-state index in [2.05, 4.69) is 0 Å². The first-order valence-corrected chi connectivity index (χ1v) is 8.67. The molecule has 8 heteroatoms. The Morgan fingerprint density at radius 3 is 1.41 bits per heavy atom. The van der Waals surface area contributed by atoms with Crippen molar-refractivity contribution >= 4 is 19.5 Å². The molecule has 0 N–H and O–H groups in total. The predicted octanol–water partition coefficient (Wildman–Crippen LogP) is 3.32. The first-order chi connectivity index (χ1) is 9.90. The molecule has 0 saturated heterocycles. The molecule has 7 nitrogen and oxygen atoms in total. The summed E-state index contributed by atoms with van der Waals surface area (Å²) >= 11 is 0. The highest BCUT2D eigenvalue weighted by molar-refractivity contribution is 7.55. The summed E-state index contributed by atoms with van der Waals surface area (Å²) in [6.07, 6.45) is 0. The van der Waals surface area contributed by atoms with Crippen molar-refractivity contribution in [3.8, 4) is 0 Å². The van der Waals surface area contributed by atoms with Gasteiger partial charge in [0.15, 0.2) is 0 Å². The van der Waals surface area contributed by atoms with Crippen molar-refractivity contribution in [2.24, 2.45) is 11.8 Å². The SMILES string of the molecule is CC(C)C(=O)OCOP(=O)(OCOC(=O)C(C)C)C(C)(C)C. The molecule has 0 fully saturated rings. The van der Waals surface area contributed by atoms with E-state index >= 15 is 0 Å². The van der Waals surface area contributed by atoms with Gasteiger partial charge in [-0.2, -0.15) is 0 Å². The number of carbonyl (C=O) groups excluding carboxylic acids is 2. The van der Waals surface area contributed by atoms with Crippen LogP contribution in [0, 0.1) is 11.8 Å². The van der Waals surface area contributed by atoms with Crippen LogP contribution < -0.4 is 0 Å². The topological polar surface area (TPSA) is 88.1 Å². The second-order valence-corrected chi connectivity index (χ2v) is 9.25. The lowest BCUT2D eigenvalue weighted by Crippen LogP contribution is -2.23. The molecule has 0 atom stereocenters. The van der Waals surface area contributed by atoms with Gasteiger partial charge in [-0.25, -0.2) is 0 Å². The molecule has 0 aliphatic carbocycles. The van der Waals surface area contributed by atoms with Crippen LogP contribution in [0.3, 0.4) is 0 Å². The van der Waals surface area contributed by atoms with Crippen LogP contribution in [0.25, 0.3) is 0 Å². The maximum Gasteiger partial charge on any atom is 0.341 e. The van der Waals surface area contributed by atoms with Gasteiger partial charge in [-0.05, 0) is 20.8 Å². The first kappa shape index (κ1) is 21.1. The molecule has 0 saturated carbocycles. The van der Waals surface area contributed by atoms with E-state index < -0.39 is 38.3 Å². The molecule has 0 radical (unpaired) electrons. The fourth-order valence-electron chi connectivity index (χ4n) is 1.07. The second kappa shape index (κ2) is 8.65. The average molecular weight is 338 g/mol. The Bertz CT molecular complexity index is 393. The smallest absolute Gasteiger partial charge is 0.341 e. The number of hydrogen-bond donors (Lipinski definition) is 0. The summed E-state index contributed by atoms with van der Waals surface area (Å²) in [6.45, 7) is 10.7. The number of carbonyl (C=O) groups is 2. The minimum Gasteiger partial charge on any atom is -0.438 e. The fourth-order valence-corrected chi connectivity index (χ4v) is 2.30. The van der Waals surface area contributed by atoms with E-state index in [0.29, 0.717) is 0 Å². The summed E-state index contributed by atoms with van der Waals surface area (Å²) in [4.78, 5) is 22.7. The largest absolute Gasteiger partial charge is 0.438 e. The fraction of sp³-hybridized carbons (Fsp3) is 0.857. The van der Waals surface area contributed by atoms with Crippen LogP contribution in [0.4, 0.5) is 0 Å². The monoisotopic (exact) mass is 338 g/mol. The minimum absolute atomic E-state index is 0.314. The van der Waals surface area contributed by atoms with Crippen LogP contribution in [0.15, 0.2) is 0 Å². The van der Waals surface area contributed by atoms with E-state index in [1.807, 2.05) is 0 Å². The predicted molar refractivity (Wildman–Crippen MR) is 81.1 cm³/mol. The third-order valence-corrected chi connectivity index (χ3v) is 5.15. The van der Waals surface area contributed by atoms with Gasteiger partial charge in [-0.15, -0.1) is 0 Å². The van der Waals surface area contributed by atoms with Gasteiger partial charge in [-0.1, -0.05) is 27.7 Å². The van der Waals surface area contributed by atoms with Crippen LogP contribution in [0.5, 0.6) is 0 Å². The van der Waals surface area contributed by atoms with E-state index in [-0.39, 0.29) is 11.8 Å². The van der Waals surface area contributed by atoms with Gasteiger partial charge in [0.1, 0.15) is 0 Å². The quantitative estimate of drug-likeness (QED) is 0.381. The van der Waals surface area contributed by atoms with Crippen molar-refractivity contribution in [1.29, 1.82) is 0 Å². The summed E-state index contributed by atoms with van der Waals surface area (Å²) < 4.78 is 32.7. The molecule has 0 aromatic rings. The average Bonchev–Trinajstić information content (AvgIpc) is 2.36. The van der Waals surface area contributed by atoms with Gasteiger partial charge >= 0.3 is 19.5 Å². The highest BCUT2D eigenvalue weighted by atomic mass is 31.2. The lowest BCUT2D eigenvalue weighted by atomic mass is 10.2. The zero-order valence-corrected chi connectivity index (χ0v) is 15.3. The molecule has 0 unspecified atom stereocenters. The normalized spacial score (nSPS) is 12.6. The second-order valence-electron chi connectivity index (χ2n) is 6.40. The molecule has 0 bridgehead atoms. The van der Waals surface area contributed by atoms with Gasteiger partial charge < -0.3 is 9.47 Å². The Kier molecular flexibility index (Phi) is 8.29. The molecule has 0 aliphatic rings. The van der Waals surface area contributed by atoms with Crippen LogP contribution in [-0.2, 0) is 32.7 Å². The molecule has 0 aromatic heterocycles. The summed E-state index contributed by atoms with van der Waals surface area (Å²) in [6, 6.07) is 0. The number of ether oxygens (including phenoxy) is 2. The molecule has 0 amide bonds. The van der Waals surface area contributed by atoms with Crippen molar-refractivity contribution in [3.05, 3.63) is 0 Å². The summed E-state index contributed by atoms with van der Waals surface area (Å²) in [5.74, 6) is -1.56. The van der Waals surface area contributed by atoms with Gasteiger partial charge in [0, 0.05) is 0 Å². The number of rotatable bonds is 8. The highest BCUT2D eigenvalue weighted by Gasteiger charge is 2.40. The summed E-state index contributed by atoms with van der Waals surface area (Å²) in [5, 5.41) is -0.860. The Labute approximate surface area is 132 Å². The lowest BCUT2D eigenvalue weighted by molar-refractivity contribution is -0.156. The Hall–Kier alpha value is -0.910. The molecule has 0 heterocycles. The van der Waals surface area contributed by atoms with E-state index in [0.717, 1.165) is 0 Å². The van der Waals surface area contributed by atoms with Crippen molar-refractivity contribution in [1.82, 2.24) is 0 Å². The van der Waals surface area contributed by atoms with E-state index in [1.165, 1.54) is 0 Å². The maximum atomic E-state index is 12.7. The molecule has 0 spiro atoms. The lowest BCUT2D eigenvalue weighted by Gasteiger charge is -2.29. The summed E-state index contributed by atoms with van der Waals surface area (Å²) in [5.41, 5.74) is 0. The van der Waals surface area contributed by atoms with Gasteiger partial charge in [0.2, 0.25) is 13.6 Å². The molecule has 130 valence electrons. The van der Waals surface area contributed by atoms with Crippen LogP contribution in [0.2, 0.25) is 0 Å². The molecule has 22 heavy (non-hydrogen) atoms. The number of hydrogen-bond acceptors (Lipinski definition) is 7. The van der Waals surface area contributed by atoms with Crippen molar-refractivity contribution in [2.75, 3.05) is 13.6 Å². The van der Waals surface area contributed by atoms with Crippen LogP contribution in [0.1, 0.15) is 48.5 Å². The first-order valence-electron chi connectivity index (χ1n) is 7.13. The van der Waals surface area contributed by atoms with Crippen molar-refractivity contribution < 1.29 is 32.7 Å². The number of esters is 2. The van der Waals surface area contributed by atoms with Gasteiger partial charge in [0.25, 0.3) is 0 Å². The molecular weight excluding hydrogens is 311 g/mol. The van der Waals surface area contributed by atoms with Gasteiger partial charge in [0.05, 0.1) is 17.0 Å². The molecular formula is C14H27O7P. The van der Waals surface area contributed by atoms with Crippen molar-refractivity contribution in [3.63, 3.8) is 0 Å². The standard InChI is InChI=1S/C14H27O7P/c1-10(2)12(15)18-8-20-22(17,14(5,6)7)21-9-19-13(16)11(3)4/h10-11H,8-9H2,1-7H3. The van der Waals surface area contributed by atoms with E-state index in [4.69, 9.17) is 18.5 Å². The van der Waals surface area contributed by atoms with Gasteiger partial charge in [-0.3, -0.25) is 23.2 Å². The molecule has 0 aromatic carbocycles. The highest BCUT2D eigenvalue weighted by Crippen LogP contribution is 2.59. The summed E-state index contributed by atoms with van der Waals surface area (Å²) in [7, 11) is -3.63. The third kappa shape index (κ3) is 6.90. The van der Waals surface area contributed by atoms with Crippen LogP contribution in [-0.4, -0.2) is 30.7 Å². The van der Waals surface area contributed by atoms with E-state index in [1.54, 1.807) is 48.5 Å².